The Labute approximate surface area is 125 Å². The van der Waals surface area contributed by atoms with Crippen molar-refractivity contribution in [1.29, 1.82) is 0 Å². The monoisotopic (exact) mass is 321 g/mol. The van der Waals surface area contributed by atoms with E-state index in [9.17, 15) is 19.2 Å². The van der Waals surface area contributed by atoms with E-state index in [-0.39, 0.29) is 17.6 Å². The van der Waals surface area contributed by atoms with Gasteiger partial charge in [0.1, 0.15) is 6.04 Å². The van der Waals surface area contributed by atoms with Gasteiger partial charge in [-0.15, -0.1) is 0 Å². The van der Waals surface area contributed by atoms with Crippen LogP contribution in [0.4, 0.5) is 0 Å². The van der Waals surface area contributed by atoms with E-state index in [0.29, 0.717) is 11.5 Å². The number of hydrogen-bond acceptors (Lipinski definition) is 6. The topological polar surface area (TPSA) is 118 Å². The van der Waals surface area contributed by atoms with Gasteiger partial charge >= 0.3 is 0 Å². The molecule has 0 aromatic heterocycles. The standard InChI is InChI=1S/C11H19N3O4S2/c1-6(15)9(13-7(2)16)4-19-20-5-10(11(12)18)14-8(3)17/h9-10H,4-5H2,1-3H3,(H2,12,18)(H,13,16)(H,14,17)/t9-,10+/m1/s1. The molecule has 0 radical (unpaired) electrons. The number of amides is 3. The van der Waals surface area contributed by atoms with E-state index in [0.717, 1.165) is 0 Å². The molecular formula is C11H19N3O4S2. The molecule has 0 heterocycles. The average Bonchev–Trinajstić information content (AvgIpc) is 2.29. The Bertz CT molecular complexity index is 354. The molecule has 0 aliphatic rings. The van der Waals surface area contributed by atoms with E-state index in [2.05, 4.69) is 10.6 Å². The molecule has 0 aliphatic carbocycles. The lowest BCUT2D eigenvalue weighted by Crippen LogP contribution is -2.45. The van der Waals surface area contributed by atoms with Gasteiger partial charge in [-0.1, -0.05) is 21.6 Å². The number of hydrogen-bond donors (Lipinski definition) is 3. The maximum atomic E-state index is 11.3. The zero-order valence-corrected chi connectivity index (χ0v) is 13.2. The molecule has 0 fully saturated rings. The first-order valence-corrected chi connectivity index (χ1v) is 8.31. The lowest BCUT2D eigenvalue weighted by atomic mass is 10.2. The molecule has 20 heavy (non-hydrogen) atoms. The van der Waals surface area contributed by atoms with Crippen LogP contribution < -0.4 is 16.4 Å². The molecule has 0 bridgehead atoms. The SMILES string of the molecule is CC(=O)N[C@@H](CSSC[C@@H](NC(C)=O)C(C)=O)C(N)=O. The summed E-state index contributed by atoms with van der Waals surface area (Å²) in [6, 6.07) is -1.31. The summed E-state index contributed by atoms with van der Waals surface area (Å²) in [6.45, 7) is 4.04. The fourth-order valence-electron chi connectivity index (χ4n) is 1.18. The van der Waals surface area contributed by atoms with E-state index in [4.69, 9.17) is 5.73 Å². The van der Waals surface area contributed by atoms with Crippen LogP contribution in [0.3, 0.4) is 0 Å². The molecule has 3 amide bonds. The first-order chi connectivity index (χ1) is 9.23. The van der Waals surface area contributed by atoms with E-state index >= 15 is 0 Å². The van der Waals surface area contributed by atoms with E-state index in [1.807, 2.05) is 0 Å². The molecule has 114 valence electrons. The predicted molar refractivity (Wildman–Crippen MR) is 80.0 cm³/mol. The third-order valence-corrected chi connectivity index (χ3v) is 4.56. The predicted octanol–water partition coefficient (Wildman–Crippen LogP) is -0.548. The minimum atomic E-state index is -0.749. The van der Waals surface area contributed by atoms with Crippen molar-refractivity contribution in [2.24, 2.45) is 5.73 Å². The number of primary amides is 1. The van der Waals surface area contributed by atoms with Crippen molar-refractivity contribution in [1.82, 2.24) is 10.6 Å². The molecule has 0 rings (SSSR count). The van der Waals surface area contributed by atoms with Gasteiger partial charge in [0, 0.05) is 25.4 Å². The Balaban J connectivity index is 4.13. The lowest BCUT2D eigenvalue weighted by Gasteiger charge is -2.16. The van der Waals surface area contributed by atoms with Gasteiger partial charge in [-0.05, 0) is 6.92 Å². The summed E-state index contributed by atoms with van der Waals surface area (Å²) >= 11 is 0. The number of rotatable bonds is 9. The first-order valence-electron chi connectivity index (χ1n) is 5.82. The Morgan fingerprint density at radius 3 is 1.65 bits per heavy atom. The third-order valence-electron chi connectivity index (χ3n) is 2.14. The van der Waals surface area contributed by atoms with Gasteiger partial charge in [0.2, 0.25) is 17.7 Å². The maximum Gasteiger partial charge on any atom is 0.240 e. The zero-order chi connectivity index (χ0) is 15.7. The first kappa shape index (κ1) is 18.8. The van der Waals surface area contributed by atoms with Crippen LogP contribution in [0.2, 0.25) is 0 Å². The van der Waals surface area contributed by atoms with Crippen LogP contribution >= 0.6 is 21.6 Å². The highest BCUT2D eigenvalue weighted by molar-refractivity contribution is 8.76. The molecule has 0 aromatic carbocycles. The van der Waals surface area contributed by atoms with Crippen molar-refractivity contribution in [3.05, 3.63) is 0 Å². The van der Waals surface area contributed by atoms with Gasteiger partial charge < -0.3 is 16.4 Å². The molecule has 7 nitrogen and oxygen atoms in total. The Kier molecular flexibility index (Phi) is 9.06. The molecule has 0 saturated heterocycles. The van der Waals surface area contributed by atoms with Gasteiger partial charge in [-0.2, -0.15) is 0 Å². The van der Waals surface area contributed by atoms with Crippen molar-refractivity contribution in [2.75, 3.05) is 11.5 Å². The van der Waals surface area contributed by atoms with Crippen LogP contribution in [0, 0.1) is 0 Å². The number of carbonyl (C=O) groups excluding carboxylic acids is 4. The fraction of sp³-hybridized carbons (Fsp3) is 0.636. The second-order valence-electron chi connectivity index (χ2n) is 4.09. The summed E-state index contributed by atoms with van der Waals surface area (Å²) in [4.78, 5) is 44.2. The van der Waals surface area contributed by atoms with Crippen LogP contribution in [0.25, 0.3) is 0 Å². The molecule has 0 aliphatic heterocycles. The highest BCUT2D eigenvalue weighted by atomic mass is 33.1. The average molecular weight is 321 g/mol. The molecule has 2 atom stereocenters. The van der Waals surface area contributed by atoms with Gasteiger partial charge in [0.15, 0.2) is 5.78 Å². The fourth-order valence-corrected chi connectivity index (χ4v) is 3.60. The number of nitrogens with two attached hydrogens (primary N) is 1. The molecule has 0 aromatic rings. The largest absolute Gasteiger partial charge is 0.368 e. The molecule has 0 spiro atoms. The smallest absolute Gasteiger partial charge is 0.240 e. The molecular weight excluding hydrogens is 302 g/mol. The van der Waals surface area contributed by atoms with Crippen LogP contribution in [-0.2, 0) is 19.2 Å². The third kappa shape index (κ3) is 8.81. The number of nitrogens with one attached hydrogen (secondary N) is 2. The lowest BCUT2D eigenvalue weighted by molar-refractivity contribution is -0.125. The van der Waals surface area contributed by atoms with Gasteiger partial charge in [0.05, 0.1) is 6.04 Å². The van der Waals surface area contributed by atoms with E-state index in [1.54, 1.807) is 0 Å². The number of carbonyl (C=O) groups is 4. The quantitative estimate of drug-likeness (QED) is 0.387. The Hall–Kier alpha value is -1.22. The Morgan fingerprint density at radius 1 is 0.900 bits per heavy atom. The molecule has 9 heteroatoms. The molecule has 0 saturated carbocycles. The van der Waals surface area contributed by atoms with Crippen molar-refractivity contribution in [3.8, 4) is 0 Å². The number of ketones is 1. The summed E-state index contributed by atoms with van der Waals surface area (Å²) in [7, 11) is 2.63. The number of Topliss-reactive ketones (excluding diaryl/α,β-unsaturated/α-hetero) is 1. The zero-order valence-electron chi connectivity index (χ0n) is 11.6. The highest BCUT2D eigenvalue weighted by Gasteiger charge is 2.18. The Morgan fingerprint density at radius 2 is 1.30 bits per heavy atom. The summed E-state index contributed by atoms with van der Waals surface area (Å²) in [5.74, 6) is -0.682. The van der Waals surface area contributed by atoms with Crippen LogP contribution in [0.5, 0.6) is 0 Å². The molecule has 4 N–H and O–H groups in total. The van der Waals surface area contributed by atoms with Gasteiger partial charge in [-0.3, -0.25) is 19.2 Å². The minimum Gasteiger partial charge on any atom is -0.368 e. The second kappa shape index (κ2) is 9.65. The normalized spacial score (nSPS) is 13.2. The summed E-state index contributed by atoms with van der Waals surface area (Å²) in [5.41, 5.74) is 5.15. The van der Waals surface area contributed by atoms with Gasteiger partial charge in [-0.25, -0.2) is 0 Å². The minimum absolute atomic E-state index is 0.137. The van der Waals surface area contributed by atoms with Crippen molar-refractivity contribution in [3.63, 3.8) is 0 Å². The summed E-state index contributed by atoms with van der Waals surface area (Å²) in [6.07, 6.45) is 0. The maximum absolute atomic E-state index is 11.3. The highest BCUT2D eigenvalue weighted by Crippen LogP contribution is 2.23. The van der Waals surface area contributed by atoms with E-state index in [1.165, 1.54) is 42.4 Å². The second-order valence-corrected chi connectivity index (χ2v) is 6.64. The van der Waals surface area contributed by atoms with Crippen LogP contribution in [0.15, 0.2) is 0 Å². The van der Waals surface area contributed by atoms with Crippen molar-refractivity contribution >= 4 is 45.1 Å². The van der Waals surface area contributed by atoms with E-state index < -0.39 is 18.0 Å². The summed E-state index contributed by atoms with van der Waals surface area (Å²) < 4.78 is 0. The van der Waals surface area contributed by atoms with Crippen LogP contribution in [0.1, 0.15) is 20.8 Å². The van der Waals surface area contributed by atoms with Crippen molar-refractivity contribution in [2.45, 2.75) is 32.9 Å². The molecule has 0 unspecified atom stereocenters. The summed E-state index contributed by atoms with van der Waals surface area (Å²) in [5, 5.41) is 4.98. The van der Waals surface area contributed by atoms with Crippen LogP contribution in [-0.4, -0.2) is 47.1 Å². The van der Waals surface area contributed by atoms with Gasteiger partial charge in [0.25, 0.3) is 0 Å². The van der Waals surface area contributed by atoms with Crippen molar-refractivity contribution < 1.29 is 19.2 Å².